The first-order valence-corrected chi connectivity index (χ1v) is 9.90. The third-order valence-corrected chi connectivity index (χ3v) is 5.10. The quantitative estimate of drug-likeness (QED) is 0.727. The number of aromatic nitrogens is 2. The van der Waals surface area contributed by atoms with Crippen molar-refractivity contribution in [2.75, 3.05) is 36.4 Å². The van der Waals surface area contributed by atoms with E-state index in [-0.39, 0.29) is 5.91 Å². The zero-order valence-electron chi connectivity index (χ0n) is 16.6. The van der Waals surface area contributed by atoms with E-state index in [4.69, 9.17) is 0 Å². The Bertz CT molecular complexity index is 968. The SMILES string of the molecule is Cc1cccc(CNc2cc(C(=O)N3CCN(c4ccccn4)CC3)ccn2)c1. The topological polar surface area (TPSA) is 61.4 Å². The number of rotatable bonds is 5. The molecule has 2 aromatic heterocycles. The van der Waals surface area contributed by atoms with Gasteiger partial charge >= 0.3 is 0 Å². The van der Waals surface area contributed by atoms with Gasteiger partial charge in [-0.1, -0.05) is 35.9 Å². The van der Waals surface area contributed by atoms with E-state index in [0.717, 1.165) is 18.9 Å². The molecule has 1 fully saturated rings. The second-order valence-corrected chi connectivity index (χ2v) is 7.24. The van der Waals surface area contributed by atoms with Gasteiger partial charge in [0.05, 0.1) is 0 Å². The monoisotopic (exact) mass is 387 g/mol. The molecule has 0 atom stereocenters. The van der Waals surface area contributed by atoms with E-state index in [9.17, 15) is 4.79 Å². The van der Waals surface area contributed by atoms with Crippen LogP contribution in [-0.2, 0) is 6.54 Å². The summed E-state index contributed by atoms with van der Waals surface area (Å²) in [6, 6.07) is 17.9. The average molecular weight is 387 g/mol. The predicted molar refractivity (Wildman–Crippen MR) is 115 cm³/mol. The number of amides is 1. The molecule has 6 heteroatoms. The van der Waals surface area contributed by atoms with Crippen LogP contribution in [0.15, 0.2) is 67.0 Å². The molecule has 1 saturated heterocycles. The molecule has 4 rings (SSSR count). The minimum absolute atomic E-state index is 0.0478. The Morgan fingerprint density at radius 2 is 1.83 bits per heavy atom. The standard InChI is InChI=1S/C23H25N5O/c1-18-5-4-6-19(15-18)17-26-21-16-20(8-10-24-21)23(29)28-13-11-27(12-14-28)22-7-2-3-9-25-22/h2-10,15-16H,11-14,17H2,1H3,(H,24,26). The van der Waals surface area contributed by atoms with Gasteiger partial charge in [-0.05, 0) is 36.8 Å². The Balaban J connectivity index is 1.36. The van der Waals surface area contributed by atoms with E-state index < -0.39 is 0 Å². The Morgan fingerprint density at radius 1 is 0.966 bits per heavy atom. The van der Waals surface area contributed by atoms with E-state index in [1.165, 1.54) is 11.1 Å². The molecule has 1 aliphatic rings. The van der Waals surface area contributed by atoms with Crippen molar-refractivity contribution in [1.29, 1.82) is 0 Å². The van der Waals surface area contributed by atoms with Crippen LogP contribution in [0.3, 0.4) is 0 Å². The van der Waals surface area contributed by atoms with Crippen molar-refractivity contribution in [2.45, 2.75) is 13.5 Å². The molecule has 0 radical (unpaired) electrons. The van der Waals surface area contributed by atoms with Gasteiger partial charge in [0.2, 0.25) is 0 Å². The number of nitrogens with one attached hydrogen (secondary N) is 1. The maximum absolute atomic E-state index is 13.0. The molecule has 29 heavy (non-hydrogen) atoms. The number of piperazine rings is 1. The number of benzene rings is 1. The normalized spacial score (nSPS) is 14.0. The van der Waals surface area contributed by atoms with E-state index in [0.29, 0.717) is 31.0 Å². The van der Waals surface area contributed by atoms with Gasteiger partial charge in [-0.25, -0.2) is 9.97 Å². The van der Waals surface area contributed by atoms with Crippen LogP contribution in [0.25, 0.3) is 0 Å². The maximum Gasteiger partial charge on any atom is 0.254 e. The van der Waals surface area contributed by atoms with Gasteiger partial charge in [0.1, 0.15) is 11.6 Å². The fourth-order valence-electron chi connectivity index (χ4n) is 3.54. The van der Waals surface area contributed by atoms with Crippen molar-refractivity contribution in [2.24, 2.45) is 0 Å². The van der Waals surface area contributed by atoms with E-state index in [1.807, 2.05) is 35.2 Å². The lowest BCUT2D eigenvalue weighted by Gasteiger charge is -2.35. The molecule has 1 amide bonds. The number of hydrogen-bond donors (Lipinski definition) is 1. The highest BCUT2D eigenvalue weighted by Crippen LogP contribution is 2.16. The Labute approximate surface area is 171 Å². The van der Waals surface area contributed by atoms with Gasteiger partial charge in [0, 0.05) is 50.7 Å². The molecule has 0 saturated carbocycles. The van der Waals surface area contributed by atoms with Gasteiger partial charge in [0.25, 0.3) is 5.91 Å². The minimum Gasteiger partial charge on any atom is -0.366 e. The minimum atomic E-state index is 0.0478. The fraction of sp³-hybridized carbons (Fsp3) is 0.261. The molecule has 3 aromatic rings. The Kier molecular flexibility index (Phi) is 5.70. The van der Waals surface area contributed by atoms with Crippen LogP contribution < -0.4 is 10.2 Å². The van der Waals surface area contributed by atoms with Crippen LogP contribution in [0.2, 0.25) is 0 Å². The second kappa shape index (κ2) is 8.73. The molecule has 0 bridgehead atoms. The number of carbonyl (C=O) groups excluding carboxylic acids is 1. The average Bonchev–Trinajstić information content (AvgIpc) is 2.78. The Hall–Kier alpha value is -3.41. The number of pyridine rings is 2. The Morgan fingerprint density at radius 3 is 2.59 bits per heavy atom. The van der Waals surface area contributed by atoms with Crippen LogP contribution in [-0.4, -0.2) is 47.0 Å². The highest BCUT2D eigenvalue weighted by atomic mass is 16.2. The number of carbonyl (C=O) groups is 1. The summed E-state index contributed by atoms with van der Waals surface area (Å²) in [5.41, 5.74) is 3.08. The zero-order valence-corrected chi connectivity index (χ0v) is 16.6. The van der Waals surface area contributed by atoms with Crippen LogP contribution >= 0.6 is 0 Å². The number of aryl methyl sites for hydroxylation is 1. The molecule has 0 unspecified atom stereocenters. The smallest absolute Gasteiger partial charge is 0.254 e. The first kappa shape index (κ1) is 18.9. The third-order valence-electron chi connectivity index (χ3n) is 5.10. The summed E-state index contributed by atoms with van der Waals surface area (Å²) in [6.07, 6.45) is 3.49. The van der Waals surface area contributed by atoms with Crippen LogP contribution in [0, 0.1) is 6.92 Å². The van der Waals surface area contributed by atoms with Gasteiger partial charge in [-0.2, -0.15) is 0 Å². The van der Waals surface area contributed by atoms with Crippen molar-refractivity contribution in [3.05, 3.63) is 83.7 Å². The molecule has 0 spiro atoms. The number of anilines is 2. The van der Waals surface area contributed by atoms with Crippen LogP contribution in [0.4, 0.5) is 11.6 Å². The summed E-state index contributed by atoms with van der Waals surface area (Å²) in [7, 11) is 0. The number of nitrogens with zero attached hydrogens (tertiary/aromatic N) is 4. The summed E-state index contributed by atoms with van der Waals surface area (Å²) in [4.78, 5) is 25.8. The van der Waals surface area contributed by atoms with Crippen LogP contribution in [0.5, 0.6) is 0 Å². The number of hydrogen-bond acceptors (Lipinski definition) is 5. The zero-order chi connectivity index (χ0) is 20.1. The molecule has 1 aliphatic heterocycles. The van der Waals surface area contributed by atoms with Crippen molar-refractivity contribution >= 4 is 17.5 Å². The van der Waals surface area contributed by atoms with Crippen LogP contribution in [0.1, 0.15) is 21.5 Å². The predicted octanol–water partition coefficient (Wildman–Crippen LogP) is 3.36. The summed E-state index contributed by atoms with van der Waals surface area (Å²) < 4.78 is 0. The molecular formula is C23H25N5O. The van der Waals surface area contributed by atoms with Gasteiger partial charge in [-0.15, -0.1) is 0 Å². The third kappa shape index (κ3) is 4.71. The van der Waals surface area contributed by atoms with Gasteiger partial charge in [-0.3, -0.25) is 4.79 Å². The fourth-order valence-corrected chi connectivity index (χ4v) is 3.54. The molecule has 0 aliphatic carbocycles. The molecule has 3 heterocycles. The van der Waals surface area contributed by atoms with E-state index >= 15 is 0 Å². The maximum atomic E-state index is 13.0. The summed E-state index contributed by atoms with van der Waals surface area (Å²) >= 11 is 0. The first-order valence-electron chi connectivity index (χ1n) is 9.90. The largest absolute Gasteiger partial charge is 0.366 e. The first-order chi connectivity index (χ1) is 14.2. The lowest BCUT2D eigenvalue weighted by Crippen LogP contribution is -2.49. The van der Waals surface area contributed by atoms with Gasteiger partial charge < -0.3 is 15.1 Å². The summed E-state index contributed by atoms with van der Waals surface area (Å²) in [5.74, 6) is 1.72. The summed E-state index contributed by atoms with van der Waals surface area (Å²) in [6.45, 7) is 5.69. The van der Waals surface area contributed by atoms with Crippen molar-refractivity contribution in [3.8, 4) is 0 Å². The highest BCUT2D eigenvalue weighted by Gasteiger charge is 2.23. The lowest BCUT2D eigenvalue weighted by molar-refractivity contribution is 0.0746. The van der Waals surface area contributed by atoms with Gasteiger partial charge in [0.15, 0.2) is 0 Å². The van der Waals surface area contributed by atoms with E-state index in [2.05, 4.69) is 45.3 Å². The molecule has 1 aromatic carbocycles. The molecular weight excluding hydrogens is 362 g/mol. The molecule has 6 nitrogen and oxygen atoms in total. The lowest BCUT2D eigenvalue weighted by atomic mass is 10.1. The highest BCUT2D eigenvalue weighted by molar-refractivity contribution is 5.95. The van der Waals surface area contributed by atoms with Crippen molar-refractivity contribution < 1.29 is 4.79 Å². The summed E-state index contributed by atoms with van der Waals surface area (Å²) in [5, 5.41) is 3.32. The van der Waals surface area contributed by atoms with Crippen molar-refractivity contribution in [3.63, 3.8) is 0 Å². The second-order valence-electron chi connectivity index (χ2n) is 7.24. The van der Waals surface area contributed by atoms with Crippen molar-refractivity contribution in [1.82, 2.24) is 14.9 Å². The molecule has 148 valence electrons. The van der Waals surface area contributed by atoms with E-state index in [1.54, 1.807) is 18.5 Å². The molecule has 1 N–H and O–H groups in total.